The third-order valence-corrected chi connectivity index (χ3v) is 4.52. The van der Waals surface area contributed by atoms with Crippen molar-refractivity contribution in [3.05, 3.63) is 10.6 Å². The Bertz CT molecular complexity index is 385. The highest BCUT2D eigenvalue weighted by atomic mass is 32.1. The van der Waals surface area contributed by atoms with Crippen molar-refractivity contribution in [2.45, 2.75) is 54.0 Å². The van der Waals surface area contributed by atoms with Crippen LogP contribution < -0.4 is 10.2 Å². The van der Waals surface area contributed by atoms with Crippen LogP contribution in [0.3, 0.4) is 0 Å². The predicted molar refractivity (Wildman–Crippen MR) is 90.8 cm³/mol. The molecule has 1 aromatic heterocycles. The lowest BCUT2D eigenvalue weighted by Crippen LogP contribution is -2.19. The van der Waals surface area contributed by atoms with E-state index >= 15 is 0 Å². The Labute approximate surface area is 128 Å². The average molecular weight is 298 g/mol. The molecule has 3 nitrogen and oxygen atoms in total. The first-order valence-corrected chi connectivity index (χ1v) is 8.66. The molecule has 0 atom stereocenters. The number of hydrogen-bond donors (Lipinski definition) is 1. The Hall–Kier alpha value is -0.610. The molecule has 0 fully saturated rings. The molecule has 0 unspecified atom stereocenters. The van der Waals surface area contributed by atoms with Gasteiger partial charge in [0.05, 0.1) is 5.69 Å². The van der Waals surface area contributed by atoms with Gasteiger partial charge in [-0.15, -0.1) is 11.3 Å². The molecule has 0 amide bonds. The van der Waals surface area contributed by atoms with Gasteiger partial charge < -0.3 is 10.2 Å². The van der Waals surface area contributed by atoms with Crippen molar-refractivity contribution >= 4 is 16.5 Å². The van der Waals surface area contributed by atoms with Crippen LogP contribution in [0, 0.1) is 11.8 Å². The van der Waals surface area contributed by atoms with Crippen LogP contribution in [-0.2, 0) is 13.0 Å². The van der Waals surface area contributed by atoms with E-state index in [-0.39, 0.29) is 0 Å². The number of aryl methyl sites for hydroxylation is 1. The van der Waals surface area contributed by atoms with Crippen LogP contribution in [0.2, 0.25) is 0 Å². The fraction of sp³-hybridized carbons (Fsp3) is 0.812. The maximum atomic E-state index is 4.81. The third-order valence-electron chi connectivity index (χ3n) is 3.31. The minimum absolute atomic E-state index is 0.696. The molecule has 0 saturated heterocycles. The molecule has 116 valence electrons. The van der Waals surface area contributed by atoms with Crippen molar-refractivity contribution in [2.75, 3.05) is 25.0 Å². The lowest BCUT2D eigenvalue weighted by molar-refractivity contribution is 0.553. The molecule has 1 heterocycles. The van der Waals surface area contributed by atoms with Crippen molar-refractivity contribution in [3.63, 3.8) is 0 Å². The second-order valence-corrected chi connectivity index (χ2v) is 7.41. The Morgan fingerprint density at radius 1 is 1.20 bits per heavy atom. The molecule has 0 aliphatic heterocycles. The van der Waals surface area contributed by atoms with E-state index < -0.39 is 0 Å². The first-order valence-electron chi connectivity index (χ1n) is 7.84. The van der Waals surface area contributed by atoms with Crippen LogP contribution in [0.25, 0.3) is 0 Å². The Kier molecular flexibility index (Phi) is 7.52. The molecular formula is C16H31N3S. The van der Waals surface area contributed by atoms with Gasteiger partial charge in [-0.2, -0.15) is 0 Å². The molecular weight excluding hydrogens is 266 g/mol. The van der Waals surface area contributed by atoms with Gasteiger partial charge in [0.1, 0.15) is 0 Å². The average Bonchev–Trinajstić information content (AvgIpc) is 2.78. The van der Waals surface area contributed by atoms with E-state index in [1.165, 1.54) is 22.1 Å². The minimum Gasteiger partial charge on any atom is -0.351 e. The second-order valence-electron chi connectivity index (χ2n) is 6.35. The van der Waals surface area contributed by atoms with Crippen LogP contribution in [-0.4, -0.2) is 25.1 Å². The van der Waals surface area contributed by atoms with Gasteiger partial charge in [-0.3, -0.25) is 0 Å². The topological polar surface area (TPSA) is 28.2 Å². The highest BCUT2D eigenvalue weighted by Gasteiger charge is 2.13. The van der Waals surface area contributed by atoms with Gasteiger partial charge in [-0.05, 0) is 31.2 Å². The van der Waals surface area contributed by atoms with Crippen molar-refractivity contribution in [1.82, 2.24) is 10.3 Å². The molecule has 1 aromatic rings. The first kappa shape index (κ1) is 17.4. The Morgan fingerprint density at radius 3 is 2.45 bits per heavy atom. The van der Waals surface area contributed by atoms with E-state index in [4.69, 9.17) is 4.98 Å². The molecule has 0 aromatic carbocycles. The second kappa shape index (κ2) is 8.63. The molecule has 0 saturated carbocycles. The van der Waals surface area contributed by atoms with Crippen molar-refractivity contribution in [2.24, 2.45) is 11.8 Å². The van der Waals surface area contributed by atoms with Gasteiger partial charge in [0.25, 0.3) is 0 Å². The number of rotatable bonds is 9. The molecule has 0 aliphatic carbocycles. The van der Waals surface area contributed by atoms with E-state index in [2.05, 4.69) is 51.9 Å². The van der Waals surface area contributed by atoms with E-state index in [9.17, 15) is 0 Å². The SMILES string of the molecule is CCc1nc(N(C)CCC(C)C)sc1CNCC(C)C. The summed E-state index contributed by atoms with van der Waals surface area (Å²) in [5.74, 6) is 1.44. The van der Waals surface area contributed by atoms with Crippen LogP contribution >= 0.6 is 11.3 Å². The van der Waals surface area contributed by atoms with Crippen LogP contribution in [0.1, 0.15) is 51.6 Å². The van der Waals surface area contributed by atoms with Gasteiger partial charge >= 0.3 is 0 Å². The zero-order valence-corrected chi connectivity index (χ0v) is 14.8. The Morgan fingerprint density at radius 2 is 1.90 bits per heavy atom. The van der Waals surface area contributed by atoms with E-state index in [0.29, 0.717) is 5.92 Å². The fourth-order valence-electron chi connectivity index (χ4n) is 1.97. The number of anilines is 1. The number of hydrogen-bond acceptors (Lipinski definition) is 4. The molecule has 0 bridgehead atoms. The largest absolute Gasteiger partial charge is 0.351 e. The molecule has 0 radical (unpaired) electrons. The normalized spacial score (nSPS) is 11.6. The van der Waals surface area contributed by atoms with Gasteiger partial charge in [-0.1, -0.05) is 34.6 Å². The summed E-state index contributed by atoms with van der Waals surface area (Å²) in [4.78, 5) is 8.51. The molecule has 0 aliphatic rings. The maximum absolute atomic E-state index is 4.81. The molecule has 4 heteroatoms. The Balaban J connectivity index is 2.62. The zero-order valence-electron chi connectivity index (χ0n) is 14.0. The predicted octanol–water partition coefficient (Wildman–Crippen LogP) is 3.93. The van der Waals surface area contributed by atoms with E-state index in [1.807, 2.05) is 11.3 Å². The van der Waals surface area contributed by atoms with Gasteiger partial charge in [-0.25, -0.2) is 4.98 Å². The summed E-state index contributed by atoms with van der Waals surface area (Å²) >= 11 is 1.85. The van der Waals surface area contributed by atoms with Crippen molar-refractivity contribution in [1.29, 1.82) is 0 Å². The van der Waals surface area contributed by atoms with Gasteiger partial charge in [0.15, 0.2) is 5.13 Å². The summed E-state index contributed by atoms with van der Waals surface area (Å²) in [5, 5.41) is 4.70. The van der Waals surface area contributed by atoms with E-state index in [1.54, 1.807) is 0 Å². The van der Waals surface area contributed by atoms with E-state index in [0.717, 1.165) is 32.0 Å². The first-order chi connectivity index (χ1) is 9.43. The van der Waals surface area contributed by atoms with Crippen LogP contribution in [0.15, 0.2) is 0 Å². The summed E-state index contributed by atoms with van der Waals surface area (Å²) in [5.41, 5.74) is 1.26. The number of nitrogens with zero attached hydrogens (tertiary/aromatic N) is 2. The smallest absolute Gasteiger partial charge is 0.185 e. The zero-order chi connectivity index (χ0) is 15.1. The molecule has 20 heavy (non-hydrogen) atoms. The van der Waals surface area contributed by atoms with Crippen molar-refractivity contribution in [3.8, 4) is 0 Å². The van der Waals surface area contributed by atoms with Gasteiger partial charge in [0, 0.05) is 25.0 Å². The monoisotopic (exact) mass is 297 g/mol. The summed E-state index contributed by atoms with van der Waals surface area (Å²) in [6, 6.07) is 0. The lowest BCUT2D eigenvalue weighted by atomic mass is 10.1. The summed E-state index contributed by atoms with van der Waals surface area (Å²) < 4.78 is 0. The fourth-order valence-corrected chi connectivity index (χ4v) is 3.07. The summed E-state index contributed by atoms with van der Waals surface area (Å²) in [7, 11) is 2.16. The number of aromatic nitrogens is 1. The molecule has 1 N–H and O–H groups in total. The number of nitrogens with one attached hydrogen (secondary N) is 1. The van der Waals surface area contributed by atoms with Crippen LogP contribution in [0.4, 0.5) is 5.13 Å². The molecule has 0 spiro atoms. The summed E-state index contributed by atoms with van der Waals surface area (Å²) in [6.45, 7) is 14.3. The minimum atomic E-state index is 0.696. The maximum Gasteiger partial charge on any atom is 0.185 e. The number of thiazole rings is 1. The standard InChI is InChI=1S/C16H31N3S/c1-7-14-15(11-17-10-13(4)5)20-16(18-14)19(6)9-8-12(2)3/h12-13,17H,7-11H2,1-6H3. The van der Waals surface area contributed by atoms with Crippen LogP contribution in [0.5, 0.6) is 0 Å². The summed E-state index contributed by atoms with van der Waals surface area (Å²) in [6.07, 6.45) is 2.24. The lowest BCUT2D eigenvalue weighted by Gasteiger charge is -2.16. The third kappa shape index (κ3) is 5.80. The molecule has 1 rings (SSSR count). The highest BCUT2D eigenvalue weighted by molar-refractivity contribution is 7.15. The quantitative estimate of drug-likeness (QED) is 0.748. The van der Waals surface area contributed by atoms with Crippen molar-refractivity contribution < 1.29 is 0 Å². The van der Waals surface area contributed by atoms with Gasteiger partial charge in [0.2, 0.25) is 0 Å². The highest BCUT2D eigenvalue weighted by Crippen LogP contribution is 2.26.